The molecule has 0 saturated carbocycles. The first kappa shape index (κ1) is 12.5. The molecule has 0 fully saturated rings. The summed E-state index contributed by atoms with van der Waals surface area (Å²) in [6, 6.07) is 4.55. The number of ether oxygens (including phenoxy) is 2. The zero-order valence-corrected chi connectivity index (χ0v) is 10.1. The molecule has 0 atom stereocenters. The van der Waals surface area contributed by atoms with Crippen LogP contribution in [0.15, 0.2) is 24.4 Å². The van der Waals surface area contributed by atoms with Crippen molar-refractivity contribution in [3.63, 3.8) is 0 Å². The topological polar surface area (TPSA) is 79.4 Å². The highest BCUT2D eigenvalue weighted by molar-refractivity contribution is 5.80. The van der Waals surface area contributed by atoms with E-state index in [9.17, 15) is 10.1 Å². The van der Waals surface area contributed by atoms with Crippen LogP contribution in [-0.2, 0) is 16.0 Å². The molecule has 0 aliphatic carbocycles. The highest BCUT2D eigenvalue weighted by Gasteiger charge is 2.11. The lowest BCUT2D eigenvalue weighted by atomic mass is 10.2. The molecular formula is C11H13N3O4. The van der Waals surface area contributed by atoms with Crippen LogP contribution in [0.2, 0.25) is 0 Å². The normalized spacial score (nSPS) is 11.3. The average Bonchev–Trinajstić information content (AvgIpc) is 2.76. The van der Waals surface area contributed by atoms with Crippen molar-refractivity contribution in [2.75, 3.05) is 14.2 Å². The Bertz CT molecular complexity index is 562. The number of hydrogen-bond donors (Lipinski definition) is 0. The van der Waals surface area contributed by atoms with Crippen molar-refractivity contribution in [2.45, 2.75) is 12.8 Å². The predicted molar refractivity (Wildman–Crippen MR) is 64.2 cm³/mol. The van der Waals surface area contributed by atoms with Crippen LogP contribution in [0.25, 0.3) is 10.9 Å². The van der Waals surface area contributed by atoms with Gasteiger partial charge in [0.15, 0.2) is 6.29 Å². The van der Waals surface area contributed by atoms with Crippen LogP contribution >= 0.6 is 0 Å². The van der Waals surface area contributed by atoms with E-state index in [-0.39, 0.29) is 5.69 Å². The molecule has 0 radical (unpaired) electrons. The Morgan fingerprint density at radius 2 is 2.17 bits per heavy atom. The fourth-order valence-electron chi connectivity index (χ4n) is 1.67. The van der Waals surface area contributed by atoms with E-state index < -0.39 is 11.2 Å². The van der Waals surface area contributed by atoms with E-state index in [1.54, 1.807) is 31.2 Å². The van der Waals surface area contributed by atoms with Crippen molar-refractivity contribution in [1.82, 2.24) is 9.78 Å². The van der Waals surface area contributed by atoms with Crippen LogP contribution in [0.3, 0.4) is 0 Å². The van der Waals surface area contributed by atoms with Gasteiger partial charge in [0.25, 0.3) is 5.69 Å². The first-order chi connectivity index (χ1) is 8.63. The van der Waals surface area contributed by atoms with E-state index in [4.69, 9.17) is 9.47 Å². The molecule has 0 unspecified atom stereocenters. The molecule has 0 amide bonds. The van der Waals surface area contributed by atoms with E-state index >= 15 is 0 Å². The van der Waals surface area contributed by atoms with Gasteiger partial charge < -0.3 is 9.47 Å². The summed E-state index contributed by atoms with van der Waals surface area (Å²) in [6.07, 6.45) is 1.34. The number of fused-ring (bicyclic) bond motifs is 1. The average molecular weight is 251 g/mol. The SMILES string of the molecule is COC(Cn1cc2cc([N+](=O)[O-])ccc2n1)OC. The minimum atomic E-state index is -0.427. The van der Waals surface area contributed by atoms with Gasteiger partial charge in [-0.1, -0.05) is 0 Å². The Kier molecular flexibility index (Phi) is 3.54. The fraction of sp³-hybridized carbons (Fsp3) is 0.364. The Morgan fingerprint density at radius 3 is 2.78 bits per heavy atom. The van der Waals surface area contributed by atoms with Crippen molar-refractivity contribution in [3.8, 4) is 0 Å². The molecule has 2 aromatic rings. The summed E-state index contributed by atoms with van der Waals surface area (Å²) in [5.41, 5.74) is 0.753. The quantitative estimate of drug-likeness (QED) is 0.457. The molecule has 2 rings (SSSR count). The van der Waals surface area contributed by atoms with Gasteiger partial charge in [0.2, 0.25) is 0 Å². The molecule has 18 heavy (non-hydrogen) atoms. The molecule has 0 bridgehead atoms. The summed E-state index contributed by atoms with van der Waals surface area (Å²) in [4.78, 5) is 10.2. The van der Waals surface area contributed by atoms with Gasteiger partial charge in [-0.15, -0.1) is 0 Å². The van der Waals surface area contributed by atoms with E-state index in [0.29, 0.717) is 12.1 Å². The number of benzene rings is 1. The lowest BCUT2D eigenvalue weighted by Gasteiger charge is -2.12. The molecule has 0 aliphatic heterocycles. The summed E-state index contributed by atoms with van der Waals surface area (Å²) in [5.74, 6) is 0. The first-order valence-electron chi connectivity index (χ1n) is 5.31. The van der Waals surface area contributed by atoms with Gasteiger partial charge in [0.1, 0.15) is 0 Å². The maximum absolute atomic E-state index is 10.7. The highest BCUT2D eigenvalue weighted by Crippen LogP contribution is 2.19. The van der Waals surface area contributed by atoms with E-state index in [1.807, 2.05) is 0 Å². The smallest absolute Gasteiger partial charge is 0.270 e. The molecule has 1 heterocycles. The van der Waals surface area contributed by atoms with E-state index in [1.165, 1.54) is 12.1 Å². The molecular weight excluding hydrogens is 238 g/mol. The third-order valence-electron chi connectivity index (χ3n) is 2.61. The third-order valence-corrected chi connectivity index (χ3v) is 2.61. The minimum absolute atomic E-state index is 0.0529. The van der Waals surface area contributed by atoms with Crippen LogP contribution in [0.4, 0.5) is 5.69 Å². The zero-order chi connectivity index (χ0) is 13.1. The number of methoxy groups -OCH3 is 2. The first-order valence-corrected chi connectivity index (χ1v) is 5.31. The van der Waals surface area contributed by atoms with Gasteiger partial charge >= 0.3 is 0 Å². The molecule has 96 valence electrons. The number of aromatic nitrogens is 2. The van der Waals surface area contributed by atoms with Gasteiger partial charge in [-0.25, -0.2) is 0 Å². The summed E-state index contributed by atoms with van der Waals surface area (Å²) in [7, 11) is 3.09. The van der Waals surface area contributed by atoms with Crippen LogP contribution in [0, 0.1) is 10.1 Å². The minimum Gasteiger partial charge on any atom is -0.354 e. The Morgan fingerprint density at radius 1 is 1.44 bits per heavy atom. The summed E-state index contributed by atoms with van der Waals surface area (Å²) < 4.78 is 11.8. The lowest BCUT2D eigenvalue weighted by molar-refractivity contribution is -0.384. The predicted octanol–water partition coefficient (Wildman–Crippen LogP) is 1.56. The van der Waals surface area contributed by atoms with Crippen molar-refractivity contribution >= 4 is 16.6 Å². The largest absolute Gasteiger partial charge is 0.354 e. The molecule has 1 aromatic heterocycles. The van der Waals surface area contributed by atoms with Crippen molar-refractivity contribution < 1.29 is 14.4 Å². The number of nitro groups is 1. The van der Waals surface area contributed by atoms with Crippen LogP contribution in [0.1, 0.15) is 0 Å². The Balaban J connectivity index is 2.29. The Hall–Kier alpha value is -1.99. The van der Waals surface area contributed by atoms with Gasteiger partial charge in [0, 0.05) is 37.9 Å². The maximum Gasteiger partial charge on any atom is 0.270 e. The second kappa shape index (κ2) is 5.11. The number of non-ortho nitro benzene ring substituents is 1. The summed E-state index contributed by atoms with van der Waals surface area (Å²) in [6.45, 7) is 0.426. The number of hydrogen-bond acceptors (Lipinski definition) is 5. The molecule has 7 nitrogen and oxygen atoms in total. The molecule has 0 N–H and O–H groups in total. The number of rotatable bonds is 5. The number of nitro benzene ring substituents is 1. The van der Waals surface area contributed by atoms with Crippen molar-refractivity contribution in [1.29, 1.82) is 0 Å². The van der Waals surface area contributed by atoms with Crippen LogP contribution < -0.4 is 0 Å². The summed E-state index contributed by atoms with van der Waals surface area (Å²) >= 11 is 0. The molecule has 0 spiro atoms. The molecule has 0 aliphatic rings. The highest BCUT2D eigenvalue weighted by atomic mass is 16.7. The van der Waals surface area contributed by atoms with Crippen molar-refractivity contribution in [3.05, 3.63) is 34.5 Å². The Labute approximate surface area is 103 Å². The maximum atomic E-state index is 10.7. The molecule has 1 aromatic carbocycles. The second-order valence-corrected chi connectivity index (χ2v) is 3.75. The van der Waals surface area contributed by atoms with Crippen LogP contribution in [0.5, 0.6) is 0 Å². The third kappa shape index (κ3) is 2.47. The van der Waals surface area contributed by atoms with Gasteiger partial charge in [-0.2, -0.15) is 5.10 Å². The zero-order valence-electron chi connectivity index (χ0n) is 10.1. The van der Waals surface area contributed by atoms with E-state index in [2.05, 4.69) is 5.10 Å². The standard InChI is InChI=1S/C11H13N3O4/c1-17-11(18-2)7-13-6-8-5-9(14(15)16)3-4-10(8)12-13/h3-6,11H,7H2,1-2H3. The second-order valence-electron chi connectivity index (χ2n) is 3.75. The van der Waals surface area contributed by atoms with Gasteiger partial charge in [0.05, 0.1) is 17.0 Å². The molecule has 7 heteroatoms. The fourth-order valence-corrected chi connectivity index (χ4v) is 1.67. The lowest BCUT2D eigenvalue weighted by Crippen LogP contribution is -2.20. The van der Waals surface area contributed by atoms with E-state index in [0.717, 1.165) is 5.39 Å². The molecule has 0 saturated heterocycles. The number of nitrogens with zero attached hydrogens (tertiary/aromatic N) is 3. The monoisotopic (exact) mass is 251 g/mol. The van der Waals surface area contributed by atoms with Crippen LogP contribution in [-0.4, -0.2) is 35.2 Å². The summed E-state index contributed by atoms with van der Waals surface area (Å²) in [5, 5.41) is 15.7. The van der Waals surface area contributed by atoms with Gasteiger partial charge in [-0.3, -0.25) is 14.8 Å². The van der Waals surface area contributed by atoms with Gasteiger partial charge in [-0.05, 0) is 6.07 Å². The van der Waals surface area contributed by atoms with Crippen molar-refractivity contribution in [2.24, 2.45) is 0 Å².